The molecule has 1 saturated carbocycles. The summed E-state index contributed by atoms with van der Waals surface area (Å²) >= 11 is 0. The number of hydrogen-bond donors (Lipinski definition) is 0. The van der Waals surface area contributed by atoms with E-state index in [0.717, 1.165) is 29.8 Å². The monoisotopic (exact) mass is 283 g/mol. The number of nitrogens with zero attached hydrogens (tertiary/aromatic N) is 1. The van der Waals surface area contributed by atoms with E-state index in [0.29, 0.717) is 12.9 Å². The quantitative estimate of drug-likeness (QED) is 0.792. The molecule has 1 aliphatic rings. The van der Waals surface area contributed by atoms with E-state index in [9.17, 15) is 9.59 Å². The van der Waals surface area contributed by atoms with Crippen LogP contribution in [0.15, 0.2) is 41.2 Å². The number of pyridine rings is 1. The summed E-state index contributed by atoms with van der Waals surface area (Å²) in [4.78, 5) is 23.4. The van der Waals surface area contributed by atoms with Crippen LogP contribution in [0.4, 0.5) is 0 Å². The number of rotatable bonds is 5. The van der Waals surface area contributed by atoms with Gasteiger partial charge in [-0.2, -0.15) is 0 Å². The fourth-order valence-corrected chi connectivity index (χ4v) is 2.53. The standard InChI is InChI=1S/C17H17NO3/c1-2-21-16-6-4-3-5-14(16)15-10-7-12(11-19)17(20)18(15)13-8-9-13/h3-7,10-11,13H,2,8-9H2,1H3. The molecule has 1 aromatic carbocycles. The van der Waals surface area contributed by atoms with Gasteiger partial charge >= 0.3 is 0 Å². The molecule has 4 nitrogen and oxygen atoms in total. The van der Waals surface area contributed by atoms with Crippen molar-refractivity contribution in [3.05, 3.63) is 52.3 Å². The lowest BCUT2D eigenvalue weighted by Gasteiger charge is -2.16. The summed E-state index contributed by atoms with van der Waals surface area (Å²) in [5.74, 6) is 0.757. The van der Waals surface area contributed by atoms with Gasteiger partial charge in [0, 0.05) is 11.6 Å². The van der Waals surface area contributed by atoms with Crippen molar-refractivity contribution >= 4 is 6.29 Å². The SMILES string of the molecule is CCOc1ccccc1-c1ccc(C=O)c(=O)n1C1CC1. The van der Waals surface area contributed by atoms with Gasteiger partial charge in [0.2, 0.25) is 0 Å². The second-order valence-corrected chi connectivity index (χ2v) is 5.13. The highest BCUT2D eigenvalue weighted by Crippen LogP contribution is 2.39. The predicted molar refractivity (Wildman–Crippen MR) is 81.0 cm³/mol. The molecule has 3 rings (SSSR count). The predicted octanol–water partition coefficient (Wildman–Crippen LogP) is 3.06. The van der Waals surface area contributed by atoms with Crippen LogP contribution in [0.3, 0.4) is 0 Å². The van der Waals surface area contributed by atoms with Crippen molar-refractivity contribution < 1.29 is 9.53 Å². The van der Waals surface area contributed by atoms with E-state index >= 15 is 0 Å². The van der Waals surface area contributed by atoms with Crippen molar-refractivity contribution in [2.45, 2.75) is 25.8 Å². The Morgan fingerprint density at radius 3 is 2.67 bits per heavy atom. The van der Waals surface area contributed by atoms with Crippen LogP contribution in [0, 0.1) is 0 Å². The summed E-state index contributed by atoms with van der Waals surface area (Å²) in [6.07, 6.45) is 2.58. The molecule has 0 radical (unpaired) electrons. The van der Waals surface area contributed by atoms with Gasteiger partial charge in [-0.05, 0) is 44.0 Å². The number of aldehydes is 1. The van der Waals surface area contributed by atoms with Gasteiger partial charge in [0.05, 0.1) is 17.9 Å². The average molecular weight is 283 g/mol. The van der Waals surface area contributed by atoms with Gasteiger partial charge in [0.1, 0.15) is 5.75 Å². The van der Waals surface area contributed by atoms with Crippen LogP contribution in [-0.4, -0.2) is 17.5 Å². The van der Waals surface area contributed by atoms with Crippen LogP contribution >= 0.6 is 0 Å². The molecule has 0 aliphatic heterocycles. The van der Waals surface area contributed by atoms with Gasteiger partial charge < -0.3 is 9.30 Å². The first-order chi connectivity index (χ1) is 10.3. The molecule has 0 saturated heterocycles. The van der Waals surface area contributed by atoms with Crippen molar-refractivity contribution in [1.29, 1.82) is 0 Å². The first-order valence-electron chi connectivity index (χ1n) is 7.19. The molecule has 0 unspecified atom stereocenters. The molecule has 108 valence electrons. The van der Waals surface area contributed by atoms with Crippen LogP contribution in [0.1, 0.15) is 36.2 Å². The van der Waals surface area contributed by atoms with Gasteiger partial charge in [-0.3, -0.25) is 9.59 Å². The fraction of sp³-hybridized carbons (Fsp3) is 0.294. The second kappa shape index (κ2) is 5.56. The average Bonchev–Trinajstić information content (AvgIpc) is 3.32. The van der Waals surface area contributed by atoms with Crippen LogP contribution in [-0.2, 0) is 0 Å². The smallest absolute Gasteiger partial charge is 0.261 e. The van der Waals surface area contributed by atoms with Gasteiger partial charge in [0.25, 0.3) is 5.56 Å². The first kappa shape index (κ1) is 13.6. The number of ether oxygens (including phenoxy) is 1. The number of carbonyl (C=O) groups is 1. The molecular weight excluding hydrogens is 266 g/mol. The summed E-state index contributed by atoms with van der Waals surface area (Å²) in [7, 11) is 0. The summed E-state index contributed by atoms with van der Waals surface area (Å²) in [5.41, 5.74) is 1.70. The topological polar surface area (TPSA) is 48.3 Å². The van der Waals surface area contributed by atoms with Crippen molar-refractivity contribution in [2.24, 2.45) is 0 Å². The van der Waals surface area contributed by atoms with E-state index in [-0.39, 0.29) is 17.2 Å². The van der Waals surface area contributed by atoms with Gasteiger partial charge in [-0.15, -0.1) is 0 Å². The zero-order chi connectivity index (χ0) is 14.8. The Morgan fingerprint density at radius 2 is 2.00 bits per heavy atom. The van der Waals surface area contributed by atoms with E-state index in [1.807, 2.05) is 37.3 Å². The Bertz CT molecular complexity index is 729. The molecule has 0 atom stereocenters. The maximum atomic E-state index is 12.4. The molecule has 1 aliphatic carbocycles. The third-order valence-electron chi connectivity index (χ3n) is 3.65. The molecule has 0 bridgehead atoms. The third kappa shape index (κ3) is 2.49. The summed E-state index contributed by atoms with van der Waals surface area (Å²) < 4.78 is 7.40. The number of benzene rings is 1. The lowest BCUT2D eigenvalue weighted by Crippen LogP contribution is -2.24. The van der Waals surface area contributed by atoms with E-state index in [2.05, 4.69) is 0 Å². The minimum atomic E-state index is -0.212. The van der Waals surface area contributed by atoms with Crippen LogP contribution in [0.25, 0.3) is 11.3 Å². The lowest BCUT2D eigenvalue weighted by molar-refractivity contribution is 0.112. The number of para-hydroxylation sites is 1. The maximum Gasteiger partial charge on any atom is 0.261 e. The van der Waals surface area contributed by atoms with E-state index in [1.165, 1.54) is 0 Å². The molecule has 2 aromatic rings. The summed E-state index contributed by atoms with van der Waals surface area (Å²) in [6, 6.07) is 11.3. The molecule has 4 heteroatoms. The Kier molecular flexibility index (Phi) is 3.60. The van der Waals surface area contributed by atoms with E-state index in [1.54, 1.807) is 10.6 Å². The third-order valence-corrected chi connectivity index (χ3v) is 3.65. The van der Waals surface area contributed by atoms with E-state index in [4.69, 9.17) is 4.74 Å². The van der Waals surface area contributed by atoms with Crippen molar-refractivity contribution in [1.82, 2.24) is 4.57 Å². The molecule has 1 heterocycles. The molecular formula is C17H17NO3. The van der Waals surface area contributed by atoms with Gasteiger partial charge in [0.15, 0.2) is 6.29 Å². The maximum absolute atomic E-state index is 12.4. The first-order valence-corrected chi connectivity index (χ1v) is 7.19. The Hall–Kier alpha value is -2.36. The molecule has 0 amide bonds. The molecule has 0 spiro atoms. The minimum absolute atomic E-state index is 0.196. The zero-order valence-corrected chi connectivity index (χ0v) is 11.9. The zero-order valence-electron chi connectivity index (χ0n) is 11.9. The Labute approximate surface area is 123 Å². The molecule has 21 heavy (non-hydrogen) atoms. The Balaban J connectivity index is 2.21. The normalized spacial score (nSPS) is 14.0. The van der Waals surface area contributed by atoms with Crippen LogP contribution < -0.4 is 10.3 Å². The highest BCUT2D eigenvalue weighted by atomic mass is 16.5. The van der Waals surface area contributed by atoms with Gasteiger partial charge in [-0.25, -0.2) is 0 Å². The molecule has 1 aromatic heterocycles. The van der Waals surface area contributed by atoms with Crippen molar-refractivity contribution in [3.8, 4) is 17.0 Å². The van der Waals surface area contributed by atoms with Crippen molar-refractivity contribution in [3.63, 3.8) is 0 Å². The summed E-state index contributed by atoms with van der Waals surface area (Å²) in [6.45, 7) is 2.50. The second-order valence-electron chi connectivity index (χ2n) is 5.13. The van der Waals surface area contributed by atoms with E-state index < -0.39 is 0 Å². The highest BCUT2D eigenvalue weighted by Gasteiger charge is 2.28. The fourth-order valence-electron chi connectivity index (χ4n) is 2.53. The number of carbonyl (C=O) groups excluding carboxylic acids is 1. The number of hydrogen-bond acceptors (Lipinski definition) is 3. The lowest BCUT2D eigenvalue weighted by atomic mass is 10.1. The van der Waals surface area contributed by atoms with Crippen LogP contribution in [0.5, 0.6) is 5.75 Å². The number of aromatic nitrogens is 1. The largest absolute Gasteiger partial charge is 0.493 e. The van der Waals surface area contributed by atoms with Crippen LogP contribution in [0.2, 0.25) is 0 Å². The Morgan fingerprint density at radius 1 is 1.24 bits per heavy atom. The highest BCUT2D eigenvalue weighted by molar-refractivity contribution is 5.76. The minimum Gasteiger partial charge on any atom is -0.493 e. The molecule has 1 fully saturated rings. The molecule has 0 N–H and O–H groups in total. The van der Waals surface area contributed by atoms with Crippen molar-refractivity contribution in [2.75, 3.05) is 6.61 Å². The van der Waals surface area contributed by atoms with Gasteiger partial charge in [-0.1, -0.05) is 12.1 Å². The summed E-state index contributed by atoms with van der Waals surface area (Å²) in [5, 5.41) is 0.